The minimum Gasteiger partial charge on any atom is -0.308 e. The second-order valence-electron chi connectivity index (χ2n) is 5.37. The molecular formula is C15H25N3. The zero-order chi connectivity index (χ0) is 12.8. The highest BCUT2D eigenvalue weighted by atomic mass is 15.1. The number of hydrogen-bond donors (Lipinski definition) is 1. The molecule has 0 radical (unpaired) electrons. The van der Waals surface area contributed by atoms with E-state index in [0.717, 1.165) is 25.7 Å². The lowest BCUT2D eigenvalue weighted by Gasteiger charge is -2.16. The fourth-order valence-electron chi connectivity index (χ4n) is 2.04. The van der Waals surface area contributed by atoms with Gasteiger partial charge in [-0.25, -0.2) is 0 Å². The van der Waals surface area contributed by atoms with Crippen LogP contribution in [0.15, 0.2) is 18.2 Å². The molecule has 0 aromatic carbocycles. The van der Waals surface area contributed by atoms with E-state index < -0.39 is 0 Å². The second kappa shape index (κ2) is 6.86. The second-order valence-corrected chi connectivity index (χ2v) is 5.37. The minimum atomic E-state index is 0.752. The molecule has 0 bridgehead atoms. The molecule has 1 aromatic rings. The summed E-state index contributed by atoms with van der Waals surface area (Å²) >= 11 is 0. The third-order valence-corrected chi connectivity index (χ3v) is 3.34. The first-order valence-corrected chi connectivity index (χ1v) is 7.14. The van der Waals surface area contributed by atoms with Gasteiger partial charge in [-0.3, -0.25) is 4.98 Å². The van der Waals surface area contributed by atoms with Crippen LogP contribution in [0.3, 0.4) is 0 Å². The van der Waals surface area contributed by atoms with E-state index >= 15 is 0 Å². The minimum absolute atomic E-state index is 0.752. The van der Waals surface area contributed by atoms with E-state index in [4.69, 9.17) is 4.98 Å². The molecule has 1 heterocycles. The Bertz CT molecular complexity index is 361. The van der Waals surface area contributed by atoms with Crippen molar-refractivity contribution in [2.24, 2.45) is 0 Å². The van der Waals surface area contributed by atoms with Gasteiger partial charge in [0.15, 0.2) is 0 Å². The summed E-state index contributed by atoms with van der Waals surface area (Å²) in [7, 11) is 2.17. The number of nitrogens with one attached hydrogen (secondary N) is 1. The van der Waals surface area contributed by atoms with E-state index in [1.54, 1.807) is 0 Å². The Morgan fingerprint density at radius 2 is 2.11 bits per heavy atom. The van der Waals surface area contributed by atoms with Crippen LogP contribution < -0.4 is 5.32 Å². The topological polar surface area (TPSA) is 28.2 Å². The van der Waals surface area contributed by atoms with Crippen molar-refractivity contribution in [3.8, 4) is 0 Å². The maximum atomic E-state index is 4.72. The highest BCUT2D eigenvalue weighted by Gasteiger charge is 2.20. The largest absolute Gasteiger partial charge is 0.308 e. The summed E-state index contributed by atoms with van der Waals surface area (Å²) in [6, 6.07) is 7.12. The van der Waals surface area contributed by atoms with Gasteiger partial charge < -0.3 is 10.2 Å². The van der Waals surface area contributed by atoms with E-state index in [-0.39, 0.29) is 0 Å². The van der Waals surface area contributed by atoms with Gasteiger partial charge in [0.05, 0.1) is 11.4 Å². The number of rotatable bonds is 8. The number of hydrogen-bond acceptors (Lipinski definition) is 3. The highest BCUT2D eigenvalue weighted by molar-refractivity contribution is 5.11. The van der Waals surface area contributed by atoms with Gasteiger partial charge in [-0.05, 0) is 45.0 Å². The molecule has 1 aliphatic rings. The smallest absolute Gasteiger partial charge is 0.0547 e. The first kappa shape index (κ1) is 13.5. The van der Waals surface area contributed by atoms with Gasteiger partial charge in [0.1, 0.15) is 0 Å². The van der Waals surface area contributed by atoms with Crippen molar-refractivity contribution in [1.29, 1.82) is 0 Å². The molecule has 1 fully saturated rings. The van der Waals surface area contributed by atoms with Crippen molar-refractivity contribution in [3.63, 3.8) is 0 Å². The van der Waals surface area contributed by atoms with Gasteiger partial charge in [0, 0.05) is 19.1 Å². The first-order valence-electron chi connectivity index (χ1n) is 7.14. The van der Waals surface area contributed by atoms with Crippen LogP contribution >= 0.6 is 0 Å². The zero-order valence-electron chi connectivity index (χ0n) is 11.7. The highest BCUT2D eigenvalue weighted by Crippen LogP contribution is 2.19. The summed E-state index contributed by atoms with van der Waals surface area (Å²) in [6.45, 7) is 5.26. The Balaban J connectivity index is 1.81. The van der Waals surface area contributed by atoms with E-state index in [9.17, 15) is 0 Å². The van der Waals surface area contributed by atoms with Crippen molar-refractivity contribution in [2.75, 3.05) is 13.6 Å². The van der Waals surface area contributed by atoms with Crippen molar-refractivity contribution in [3.05, 3.63) is 29.6 Å². The van der Waals surface area contributed by atoms with E-state index in [2.05, 4.69) is 42.4 Å². The molecule has 1 aliphatic carbocycles. The fourth-order valence-corrected chi connectivity index (χ4v) is 2.04. The molecule has 1 aromatic heterocycles. The summed E-state index contributed by atoms with van der Waals surface area (Å²) in [5.74, 6) is 0. The Hall–Kier alpha value is -0.930. The lowest BCUT2D eigenvalue weighted by molar-refractivity contribution is 0.316. The molecule has 1 saturated carbocycles. The summed E-state index contributed by atoms with van der Waals surface area (Å²) in [5.41, 5.74) is 2.35. The maximum Gasteiger partial charge on any atom is 0.0547 e. The van der Waals surface area contributed by atoms with E-state index in [0.29, 0.717) is 0 Å². The molecule has 2 rings (SSSR count). The predicted molar refractivity (Wildman–Crippen MR) is 75.3 cm³/mol. The van der Waals surface area contributed by atoms with Gasteiger partial charge in [-0.15, -0.1) is 0 Å². The van der Waals surface area contributed by atoms with Gasteiger partial charge in [-0.1, -0.05) is 19.4 Å². The molecule has 100 valence electrons. The molecular weight excluding hydrogens is 222 g/mol. The first-order chi connectivity index (χ1) is 8.78. The standard InChI is InChI=1S/C15H25N3/c1-3-4-10-18(2)12-15-7-5-6-14(17-15)11-16-13-8-9-13/h5-7,13,16H,3-4,8-12H2,1-2H3. The molecule has 1 N–H and O–H groups in total. The quantitative estimate of drug-likeness (QED) is 0.765. The molecule has 0 aliphatic heterocycles. The molecule has 0 atom stereocenters. The normalized spacial score (nSPS) is 15.3. The predicted octanol–water partition coefficient (Wildman–Crippen LogP) is 2.57. The molecule has 0 unspecified atom stereocenters. The summed E-state index contributed by atoms with van der Waals surface area (Å²) in [4.78, 5) is 7.07. The van der Waals surface area contributed by atoms with Crippen LogP contribution in [0.4, 0.5) is 0 Å². The molecule has 18 heavy (non-hydrogen) atoms. The Morgan fingerprint density at radius 1 is 1.33 bits per heavy atom. The number of pyridine rings is 1. The number of nitrogens with zero attached hydrogens (tertiary/aromatic N) is 2. The Morgan fingerprint density at radius 3 is 2.83 bits per heavy atom. The van der Waals surface area contributed by atoms with Gasteiger partial charge in [-0.2, -0.15) is 0 Å². The Kier molecular flexibility index (Phi) is 5.14. The summed E-state index contributed by atoms with van der Waals surface area (Å²) in [5, 5.41) is 3.51. The van der Waals surface area contributed by atoms with Gasteiger partial charge in [0.25, 0.3) is 0 Å². The third kappa shape index (κ3) is 4.75. The molecule has 0 spiro atoms. The molecule has 3 heteroatoms. The van der Waals surface area contributed by atoms with Crippen LogP contribution in [0.5, 0.6) is 0 Å². The average Bonchev–Trinajstić information content (AvgIpc) is 3.18. The van der Waals surface area contributed by atoms with Crippen molar-refractivity contribution < 1.29 is 0 Å². The lowest BCUT2D eigenvalue weighted by Crippen LogP contribution is -2.21. The average molecular weight is 247 g/mol. The van der Waals surface area contributed by atoms with Crippen LogP contribution in [-0.4, -0.2) is 29.5 Å². The summed E-state index contributed by atoms with van der Waals surface area (Å²) in [6.07, 6.45) is 5.18. The number of aromatic nitrogens is 1. The van der Waals surface area contributed by atoms with Crippen LogP contribution in [0.1, 0.15) is 44.0 Å². The van der Waals surface area contributed by atoms with Crippen molar-refractivity contribution in [2.45, 2.75) is 51.7 Å². The third-order valence-electron chi connectivity index (χ3n) is 3.34. The molecule has 3 nitrogen and oxygen atoms in total. The van der Waals surface area contributed by atoms with Crippen LogP contribution in [0, 0.1) is 0 Å². The zero-order valence-corrected chi connectivity index (χ0v) is 11.7. The van der Waals surface area contributed by atoms with Crippen LogP contribution in [-0.2, 0) is 13.1 Å². The van der Waals surface area contributed by atoms with E-state index in [1.165, 1.54) is 37.1 Å². The van der Waals surface area contributed by atoms with Crippen molar-refractivity contribution in [1.82, 2.24) is 15.2 Å². The molecule has 0 amide bonds. The Labute approximate surface area is 111 Å². The fraction of sp³-hybridized carbons (Fsp3) is 0.667. The SMILES string of the molecule is CCCCN(C)Cc1cccc(CNC2CC2)n1. The molecule has 0 saturated heterocycles. The lowest BCUT2D eigenvalue weighted by atomic mass is 10.2. The van der Waals surface area contributed by atoms with Gasteiger partial charge >= 0.3 is 0 Å². The van der Waals surface area contributed by atoms with Crippen molar-refractivity contribution >= 4 is 0 Å². The van der Waals surface area contributed by atoms with Crippen LogP contribution in [0.25, 0.3) is 0 Å². The van der Waals surface area contributed by atoms with Crippen LogP contribution in [0.2, 0.25) is 0 Å². The monoisotopic (exact) mass is 247 g/mol. The summed E-state index contributed by atoms with van der Waals surface area (Å²) < 4.78 is 0. The maximum absolute atomic E-state index is 4.72. The number of unbranched alkanes of at least 4 members (excludes halogenated alkanes) is 1. The van der Waals surface area contributed by atoms with E-state index in [1.807, 2.05) is 0 Å². The van der Waals surface area contributed by atoms with Gasteiger partial charge in [0.2, 0.25) is 0 Å².